The normalized spacial score (nSPS) is 13.1. The number of benzene rings is 4. The molecule has 43 heavy (non-hydrogen) atoms. The molecule has 0 bridgehead atoms. The lowest BCUT2D eigenvalue weighted by Gasteiger charge is -2.29. The number of methoxy groups -OCH3 is 1. The van der Waals surface area contributed by atoms with Gasteiger partial charge in [-0.25, -0.2) is 8.42 Å². The molecule has 3 amide bonds. The van der Waals surface area contributed by atoms with E-state index in [1.54, 1.807) is 62.4 Å². The first-order chi connectivity index (χ1) is 20.7. The smallest absolute Gasteiger partial charge is 0.261 e. The summed E-state index contributed by atoms with van der Waals surface area (Å²) in [7, 11) is -2.17. The Kier molecular flexibility index (Phi) is 8.61. The number of nitrogens with zero attached hydrogens (tertiary/aromatic N) is 3. The molecule has 1 heterocycles. The maximum Gasteiger partial charge on any atom is 0.261 e. The van der Waals surface area contributed by atoms with Crippen LogP contribution in [0, 0.1) is 0 Å². The summed E-state index contributed by atoms with van der Waals surface area (Å²) in [4.78, 5) is 43.5. The minimum absolute atomic E-state index is 0.0996. The molecule has 222 valence electrons. The minimum atomic E-state index is -3.68. The van der Waals surface area contributed by atoms with Crippen LogP contribution in [0.15, 0.2) is 89.8 Å². The van der Waals surface area contributed by atoms with Gasteiger partial charge in [0.2, 0.25) is 10.0 Å². The highest BCUT2D eigenvalue weighted by atomic mass is 32.2. The van der Waals surface area contributed by atoms with E-state index in [1.165, 1.54) is 45.5 Å². The number of ether oxygens (including phenoxy) is 1. The average Bonchev–Trinajstić information content (AvgIpc) is 3.03. The molecule has 10 heteroatoms. The van der Waals surface area contributed by atoms with Crippen molar-refractivity contribution < 1.29 is 27.5 Å². The second kappa shape index (κ2) is 12.4. The molecule has 0 radical (unpaired) electrons. The maximum atomic E-state index is 13.9. The predicted molar refractivity (Wildman–Crippen MR) is 165 cm³/mol. The molecule has 0 N–H and O–H groups in total. The quantitative estimate of drug-likeness (QED) is 0.219. The van der Waals surface area contributed by atoms with Crippen LogP contribution in [0.25, 0.3) is 10.8 Å². The van der Waals surface area contributed by atoms with Gasteiger partial charge in [0.05, 0.1) is 17.7 Å². The van der Waals surface area contributed by atoms with Crippen molar-refractivity contribution in [3.05, 3.63) is 102 Å². The third kappa shape index (κ3) is 5.51. The van der Waals surface area contributed by atoms with E-state index in [2.05, 4.69) is 0 Å². The first-order valence-corrected chi connectivity index (χ1v) is 15.6. The molecule has 1 aliphatic heterocycles. The molecule has 0 spiro atoms. The second-order valence-corrected chi connectivity index (χ2v) is 12.0. The standard InChI is InChI=1S/C33H33N3O6S/c1-4-34(5-2)43(40,41)25-19-17-24(18-20-25)31(37)35(28-15-6-7-16-29(28)42-3)21-10-22-36-32(38)26-13-8-11-23-12-9-14-27(30(23)26)33(36)39/h6-9,11-20H,4-5,10,21-22H2,1-3H3. The van der Waals surface area contributed by atoms with Crippen molar-refractivity contribution in [2.24, 2.45) is 0 Å². The third-order valence-corrected chi connectivity index (χ3v) is 9.75. The van der Waals surface area contributed by atoms with E-state index < -0.39 is 10.0 Å². The summed E-state index contributed by atoms with van der Waals surface area (Å²) in [6.45, 7) is 4.49. The van der Waals surface area contributed by atoms with Crippen LogP contribution in [0.4, 0.5) is 5.69 Å². The Morgan fingerprint density at radius 1 is 0.814 bits per heavy atom. The fourth-order valence-electron chi connectivity index (χ4n) is 5.49. The molecule has 0 aromatic heterocycles. The molecule has 0 fully saturated rings. The fourth-order valence-corrected chi connectivity index (χ4v) is 6.95. The first kappa shape index (κ1) is 29.9. The Hall–Kier alpha value is -4.54. The molecule has 0 unspecified atom stereocenters. The Bertz CT molecular complexity index is 1750. The predicted octanol–water partition coefficient (Wildman–Crippen LogP) is 5.21. The van der Waals surface area contributed by atoms with Gasteiger partial charge in [-0.1, -0.05) is 50.2 Å². The molecule has 9 nitrogen and oxygen atoms in total. The SMILES string of the molecule is CCN(CC)S(=O)(=O)c1ccc(C(=O)N(CCCN2C(=O)c3cccc4cccc(c34)C2=O)c2ccccc2OC)cc1. The van der Waals surface area contributed by atoms with Crippen molar-refractivity contribution in [2.45, 2.75) is 25.2 Å². The number of hydrogen-bond donors (Lipinski definition) is 0. The summed E-state index contributed by atoms with van der Waals surface area (Å²) in [5, 5.41) is 1.49. The average molecular weight is 600 g/mol. The highest BCUT2D eigenvalue weighted by molar-refractivity contribution is 7.89. The van der Waals surface area contributed by atoms with E-state index in [0.29, 0.717) is 47.5 Å². The molecule has 1 aliphatic rings. The molecule has 5 rings (SSSR count). The monoisotopic (exact) mass is 599 g/mol. The van der Waals surface area contributed by atoms with Crippen molar-refractivity contribution in [3.63, 3.8) is 0 Å². The van der Waals surface area contributed by atoms with Crippen LogP contribution in [0.3, 0.4) is 0 Å². The van der Waals surface area contributed by atoms with E-state index in [4.69, 9.17) is 4.74 Å². The van der Waals surface area contributed by atoms with Crippen molar-refractivity contribution >= 4 is 44.2 Å². The highest BCUT2D eigenvalue weighted by Gasteiger charge is 2.33. The Morgan fingerprint density at radius 2 is 1.42 bits per heavy atom. The lowest BCUT2D eigenvalue weighted by Crippen LogP contribution is -2.42. The molecule has 4 aromatic rings. The first-order valence-electron chi connectivity index (χ1n) is 14.2. The minimum Gasteiger partial charge on any atom is -0.495 e. The number of carbonyl (C=O) groups excluding carboxylic acids is 3. The number of imide groups is 1. The van der Waals surface area contributed by atoms with Crippen LogP contribution in [0.5, 0.6) is 5.75 Å². The van der Waals surface area contributed by atoms with Crippen molar-refractivity contribution in [1.29, 1.82) is 0 Å². The zero-order valence-electron chi connectivity index (χ0n) is 24.3. The van der Waals surface area contributed by atoms with E-state index in [0.717, 1.165) is 5.39 Å². The van der Waals surface area contributed by atoms with Crippen LogP contribution in [-0.2, 0) is 10.0 Å². The van der Waals surface area contributed by atoms with Gasteiger partial charge in [-0.3, -0.25) is 19.3 Å². The largest absolute Gasteiger partial charge is 0.495 e. The van der Waals surface area contributed by atoms with Crippen LogP contribution < -0.4 is 9.64 Å². The zero-order chi connectivity index (χ0) is 30.7. The van der Waals surface area contributed by atoms with Gasteiger partial charge in [-0.05, 0) is 60.3 Å². The van der Waals surface area contributed by atoms with E-state index in [-0.39, 0.29) is 41.3 Å². The molecular formula is C33H33N3O6S. The van der Waals surface area contributed by atoms with Crippen LogP contribution in [0.1, 0.15) is 51.3 Å². The number of sulfonamides is 1. The van der Waals surface area contributed by atoms with Gasteiger partial charge < -0.3 is 9.64 Å². The summed E-state index contributed by atoms with van der Waals surface area (Å²) >= 11 is 0. The van der Waals surface area contributed by atoms with Gasteiger partial charge in [-0.15, -0.1) is 0 Å². The lowest BCUT2D eigenvalue weighted by molar-refractivity contribution is 0.0609. The summed E-state index contributed by atoms with van der Waals surface area (Å²) in [5.41, 5.74) is 1.76. The molecule has 0 aliphatic carbocycles. The van der Waals surface area contributed by atoms with Gasteiger partial charge in [-0.2, -0.15) is 4.31 Å². The molecule has 4 aromatic carbocycles. The number of amides is 3. The number of rotatable bonds is 11. The van der Waals surface area contributed by atoms with Gasteiger partial charge in [0, 0.05) is 48.3 Å². The topological polar surface area (TPSA) is 104 Å². The molecular weight excluding hydrogens is 566 g/mol. The highest BCUT2D eigenvalue weighted by Crippen LogP contribution is 2.32. The molecule has 0 saturated heterocycles. The van der Waals surface area contributed by atoms with Crippen molar-refractivity contribution in [2.75, 3.05) is 38.2 Å². The summed E-state index contributed by atoms with van der Waals surface area (Å²) in [5.74, 6) is -0.631. The van der Waals surface area contributed by atoms with E-state index in [1.807, 2.05) is 12.1 Å². The number of carbonyl (C=O) groups is 3. The maximum absolute atomic E-state index is 13.9. The Labute approximate surface area is 251 Å². The zero-order valence-corrected chi connectivity index (χ0v) is 25.1. The second-order valence-electron chi connectivity index (χ2n) is 10.1. The van der Waals surface area contributed by atoms with E-state index >= 15 is 0 Å². The Morgan fingerprint density at radius 3 is 2.00 bits per heavy atom. The van der Waals surface area contributed by atoms with Gasteiger partial charge in [0.1, 0.15) is 5.75 Å². The number of anilines is 1. The Balaban J connectivity index is 1.40. The number of para-hydroxylation sites is 2. The van der Waals surface area contributed by atoms with Gasteiger partial charge >= 0.3 is 0 Å². The summed E-state index contributed by atoms with van der Waals surface area (Å²) < 4.78 is 32.8. The third-order valence-electron chi connectivity index (χ3n) is 7.68. The summed E-state index contributed by atoms with van der Waals surface area (Å²) in [6, 6.07) is 23.7. The summed E-state index contributed by atoms with van der Waals surface area (Å²) in [6.07, 6.45) is 0.299. The molecule has 0 saturated carbocycles. The van der Waals surface area contributed by atoms with Crippen LogP contribution in [0.2, 0.25) is 0 Å². The lowest BCUT2D eigenvalue weighted by atomic mass is 9.94. The van der Waals surface area contributed by atoms with Gasteiger partial charge in [0.15, 0.2) is 0 Å². The number of hydrogen-bond acceptors (Lipinski definition) is 6. The van der Waals surface area contributed by atoms with Crippen molar-refractivity contribution in [3.8, 4) is 5.75 Å². The van der Waals surface area contributed by atoms with Gasteiger partial charge in [0.25, 0.3) is 17.7 Å². The van der Waals surface area contributed by atoms with Crippen LogP contribution in [-0.4, -0.2) is 68.6 Å². The van der Waals surface area contributed by atoms with Crippen LogP contribution >= 0.6 is 0 Å². The molecule has 0 atom stereocenters. The van der Waals surface area contributed by atoms with Crippen molar-refractivity contribution in [1.82, 2.24) is 9.21 Å². The fraction of sp³-hybridized carbons (Fsp3) is 0.242. The van der Waals surface area contributed by atoms with E-state index in [9.17, 15) is 22.8 Å².